The van der Waals surface area contributed by atoms with E-state index >= 15 is 0 Å². The number of carbonyl (C=O) groups excluding carboxylic acids is 1. The first-order chi connectivity index (χ1) is 11.5. The summed E-state index contributed by atoms with van der Waals surface area (Å²) >= 11 is 0. The van der Waals surface area contributed by atoms with Crippen LogP contribution in [-0.2, 0) is 24.3 Å². The molecule has 0 aliphatic carbocycles. The lowest BCUT2D eigenvalue weighted by molar-refractivity contribution is -0.119. The molecule has 1 heterocycles. The summed E-state index contributed by atoms with van der Waals surface area (Å²) in [6, 6.07) is 15.3. The Morgan fingerprint density at radius 3 is 2.67 bits per heavy atom. The normalized spacial score (nSPS) is 15.6. The Labute approximate surface area is 144 Å². The lowest BCUT2D eigenvalue weighted by Gasteiger charge is -2.29. The Hall–Kier alpha value is -2.13. The molecule has 1 atom stereocenters. The van der Waals surface area contributed by atoms with E-state index in [2.05, 4.69) is 59.6 Å². The van der Waals surface area contributed by atoms with Crippen molar-refractivity contribution >= 4 is 5.91 Å². The van der Waals surface area contributed by atoms with Gasteiger partial charge in [-0.1, -0.05) is 42.5 Å². The minimum atomic E-state index is 0.00820. The van der Waals surface area contributed by atoms with Gasteiger partial charge in [-0.25, -0.2) is 0 Å². The SMILES string of the molecule is CC(=O)NC(C)c1ccc(CN2CCc3c(C)cccc3C2)cc1. The first kappa shape index (κ1) is 16.7. The van der Waals surface area contributed by atoms with Crippen molar-refractivity contribution in [3.05, 3.63) is 70.3 Å². The number of amides is 1. The third-order valence-corrected chi connectivity index (χ3v) is 4.88. The quantitative estimate of drug-likeness (QED) is 0.930. The lowest BCUT2D eigenvalue weighted by Crippen LogP contribution is -2.30. The molecule has 3 rings (SSSR count). The van der Waals surface area contributed by atoms with Crippen LogP contribution in [0.2, 0.25) is 0 Å². The fourth-order valence-corrected chi connectivity index (χ4v) is 3.55. The van der Waals surface area contributed by atoms with E-state index in [4.69, 9.17) is 0 Å². The maximum Gasteiger partial charge on any atom is 0.217 e. The Morgan fingerprint density at radius 1 is 1.21 bits per heavy atom. The van der Waals surface area contributed by atoms with E-state index < -0.39 is 0 Å². The van der Waals surface area contributed by atoms with Crippen molar-refractivity contribution in [3.63, 3.8) is 0 Å². The molecule has 0 saturated carbocycles. The van der Waals surface area contributed by atoms with Gasteiger partial charge < -0.3 is 5.32 Å². The largest absolute Gasteiger partial charge is 0.350 e. The van der Waals surface area contributed by atoms with Crippen LogP contribution in [0, 0.1) is 6.92 Å². The Bertz CT molecular complexity index is 721. The van der Waals surface area contributed by atoms with E-state index in [1.165, 1.54) is 22.3 Å². The second-order valence-corrected chi connectivity index (χ2v) is 6.84. The van der Waals surface area contributed by atoms with Crippen molar-refractivity contribution in [2.24, 2.45) is 0 Å². The molecule has 0 saturated heterocycles. The molecule has 0 spiro atoms. The molecule has 0 fully saturated rings. The van der Waals surface area contributed by atoms with Crippen molar-refractivity contribution < 1.29 is 4.79 Å². The first-order valence-corrected chi connectivity index (χ1v) is 8.68. The molecule has 24 heavy (non-hydrogen) atoms. The standard InChI is InChI=1S/C21H26N2O/c1-15-5-4-6-20-14-23(12-11-21(15)20)13-18-7-9-19(10-8-18)16(2)22-17(3)24/h4-10,16H,11-14H2,1-3H3,(H,22,24). The molecular weight excluding hydrogens is 296 g/mol. The van der Waals surface area contributed by atoms with Crippen molar-refractivity contribution in [1.29, 1.82) is 0 Å². The van der Waals surface area contributed by atoms with Crippen molar-refractivity contribution in [2.75, 3.05) is 6.54 Å². The van der Waals surface area contributed by atoms with Crippen molar-refractivity contribution in [2.45, 2.75) is 46.3 Å². The van der Waals surface area contributed by atoms with Gasteiger partial charge in [-0.05, 0) is 48.1 Å². The first-order valence-electron chi connectivity index (χ1n) is 8.68. The number of benzene rings is 2. The molecule has 3 nitrogen and oxygen atoms in total. The second kappa shape index (κ2) is 7.18. The summed E-state index contributed by atoms with van der Waals surface area (Å²) in [7, 11) is 0. The van der Waals surface area contributed by atoms with Crippen LogP contribution in [0.15, 0.2) is 42.5 Å². The summed E-state index contributed by atoms with van der Waals surface area (Å²) in [5, 5.41) is 2.93. The molecule has 0 aromatic heterocycles. The molecule has 2 aromatic carbocycles. The number of rotatable bonds is 4. The third kappa shape index (κ3) is 3.85. The molecule has 1 aliphatic heterocycles. The summed E-state index contributed by atoms with van der Waals surface area (Å²) in [6.07, 6.45) is 1.14. The van der Waals surface area contributed by atoms with Gasteiger partial charge in [-0.15, -0.1) is 0 Å². The third-order valence-electron chi connectivity index (χ3n) is 4.88. The predicted octanol–water partition coefficient (Wildman–Crippen LogP) is 3.75. The van der Waals surface area contributed by atoms with E-state index in [-0.39, 0.29) is 11.9 Å². The number of hydrogen-bond acceptors (Lipinski definition) is 2. The summed E-state index contributed by atoms with van der Waals surface area (Å²) in [6.45, 7) is 8.90. The number of carbonyl (C=O) groups is 1. The van der Waals surface area contributed by atoms with E-state index in [1.54, 1.807) is 6.92 Å². The Balaban J connectivity index is 1.64. The molecule has 1 amide bonds. The number of nitrogens with zero attached hydrogens (tertiary/aromatic N) is 1. The van der Waals surface area contributed by atoms with Crippen LogP contribution in [0.5, 0.6) is 0 Å². The minimum Gasteiger partial charge on any atom is -0.350 e. The molecule has 0 radical (unpaired) electrons. The molecule has 3 heteroatoms. The van der Waals surface area contributed by atoms with E-state index in [9.17, 15) is 4.79 Å². The maximum atomic E-state index is 11.2. The predicted molar refractivity (Wildman–Crippen MR) is 97.7 cm³/mol. The highest BCUT2D eigenvalue weighted by atomic mass is 16.1. The van der Waals surface area contributed by atoms with Crippen LogP contribution in [0.25, 0.3) is 0 Å². The second-order valence-electron chi connectivity index (χ2n) is 6.84. The molecule has 1 aliphatic rings. The Morgan fingerprint density at radius 2 is 1.96 bits per heavy atom. The van der Waals surface area contributed by atoms with Crippen LogP contribution < -0.4 is 5.32 Å². The highest BCUT2D eigenvalue weighted by Crippen LogP contribution is 2.23. The van der Waals surface area contributed by atoms with Gasteiger partial charge in [0.05, 0.1) is 6.04 Å². The van der Waals surface area contributed by atoms with E-state index in [1.807, 2.05) is 6.92 Å². The highest BCUT2D eigenvalue weighted by Gasteiger charge is 2.17. The van der Waals surface area contributed by atoms with Gasteiger partial charge in [-0.3, -0.25) is 9.69 Å². The lowest BCUT2D eigenvalue weighted by atomic mass is 9.95. The molecule has 0 bridgehead atoms. The van der Waals surface area contributed by atoms with E-state index in [0.717, 1.165) is 31.6 Å². The van der Waals surface area contributed by atoms with Crippen LogP contribution in [0.4, 0.5) is 0 Å². The van der Waals surface area contributed by atoms with Crippen LogP contribution >= 0.6 is 0 Å². The van der Waals surface area contributed by atoms with Gasteiger partial charge in [0.2, 0.25) is 5.91 Å². The summed E-state index contributed by atoms with van der Waals surface area (Å²) < 4.78 is 0. The van der Waals surface area contributed by atoms with Gasteiger partial charge in [-0.2, -0.15) is 0 Å². The smallest absolute Gasteiger partial charge is 0.217 e. The fourth-order valence-electron chi connectivity index (χ4n) is 3.55. The van der Waals surface area contributed by atoms with Crippen LogP contribution in [0.3, 0.4) is 0 Å². The zero-order chi connectivity index (χ0) is 17.1. The van der Waals surface area contributed by atoms with E-state index in [0.29, 0.717) is 0 Å². The van der Waals surface area contributed by atoms with Crippen LogP contribution in [-0.4, -0.2) is 17.4 Å². The average molecular weight is 322 g/mol. The van der Waals surface area contributed by atoms with Gasteiger partial charge in [0.1, 0.15) is 0 Å². The monoisotopic (exact) mass is 322 g/mol. The molecule has 2 aromatic rings. The summed E-state index contributed by atoms with van der Waals surface area (Å²) in [4.78, 5) is 13.7. The molecule has 1 N–H and O–H groups in total. The fraction of sp³-hybridized carbons (Fsp3) is 0.381. The van der Waals surface area contributed by atoms with Crippen molar-refractivity contribution in [3.8, 4) is 0 Å². The molecular formula is C21H26N2O. The summed E-state index contributed by atoms with van der Waals surface area (Å²) in [5.41, 5.74) is 6.90. The summed E-state index contributed by atoms with van der Waals surface area (Å²) in [5.74, 6) is 0.00820. The number of aryl methyl sites for hydroxylation is 1. The number of nitrogens with one attached hydrogen (secondary N) is 1. The maximum absolute atomic E-state index is 11.2. The van der Waals surface area contributed by atoms with Gasteiger partial charge >= 0.3 is 0 Å². The molecule has 126 valence electrons. The van der Waals surface area contributed by atoms with Gasteiger partial charge in [0, 0.05) is 26.6 Å². The van der Waals surface area contributed by atoms with Crippen LogP contribution in [0.1, 0.15) is 47.7 Å². The van der Waals surface area contributed by atoms with Gasteiger partial charge in [0.15, 0.2) is 0 Å². The van der Waals surface area contributed by atoms with Gasteiger partial charge in [0.25, 0.3) is 0 Å². The van der Waals surface area contributed by atoms with Crippen molar-refractivity contribution in [1.82, 2.24) is 10.2 Å². The zero-order valence-corrected chi connectivity index (χ0v) is 14.8. The minimum absolute atomic E-state index is 0.00820. The molecule has 1 unspecified atom stereocenters. The number of fused-ring (bicyclic) bond motifs is 1. The Kier molecular flexibility index (Phi) is 5.00. The zero-order valence-electron chi connectivity index (χ0n) is 14.8. The number of hydrogen-bond donors (Lipinski definition) is 1. The average Bonchev–Trinajstić information content (AvgIpc) is 2.55. The highest BCUT2D eigenvalue weighted by molar-refractivity contribution is 5.73. The topological polar surface area (TPSA) is 32.3 Å².